The number of piperidine rings is 1. The predicted molar refractivity (Wildman–Crippen MR) is 90.3 cm³/mol. The number of aromatic nitrogens is 3. The number of aryl methyl sites for hydroxylation is 1. The van der Waals surface area contributed by atoms with Crippen molar-refractivity contribution < 1.29 is 4.79 Å². The molecule has 1 N–H and O–H groups in total. The van der Waals surface area contributed by atoms with E-state index in [1.54, 1.807) is 11.7 Å². The molecule has 1 aliphatic heterocycles. The van der Waals surface area contributed by atoms with Gasteiger partial charge in [0.1, 0.15) is 10.7 Å². The van der Waals surface area contributed by atoms with E-state index < -0.39 is 0 Å². The normalized spacial score (nSPS) is 18.9. The standard InChI is InChI=1S/C16H23N5OS/c1-20-8-6-18-15(20)11-21-7-2-3-13(10-21)4-5-19-16(22)14-9-17-12-23-14/h6,8-9,12-13H,2-5,7,10-11H2,1H3,(H,19,22)/t13-/m0/s1. The molecule has 0 aliphatic carbocycles. The van der Waals surface area contributed by atoms with Crippen LogP contribution < -0.4 is 5.32 Å². The van der Waals surface area contributed by atoms with Gasteiger partial charge in [-0.2, -0.15) is 0 Å². The number of carbonyl (C=O) groups excluding carboxylic acids is 1. The Kier molecular flexibility index (Phi) is 5.40. The lowest BCUT2D eigenvalue weighted by Crippen LogP contribution is -2.37. The Morgan fingerprint density at radius 1 is 1.52 bits per heavy atom. The molecule has 0 saturated carbocycles. The summed E-state index contributed by atoms with van der Waals surface area (Å²) < 4.78 is 2.08. The van der Waals surface area contributed by atoms with Crippen molar-refractivity contribution in [2.24, 2.45) is 13.0 Å². The van der Waals surface area contributed by atoms with Crippen molar-refractivity contribution in [2.45, 2.75) is 25.8 Å². The van der Waals surface area contributed by atoms with Crippen molar-refractivity contribution in [1.29, 1.82) is 0 Å². The van der Waals surface area contributed by atoms with Gasteiger partial charge in [-0.3, -0.25) is 14.7 Å². The molecule has 7 heteroatoms. The first-order chi connectivity index (χ1) is 11.2. The van der Waals surface area contributed by atoms with Crippen molar-refractivity contribution in [3.05, 3.63) is 34.8 Å². The van der Waals surface area contributed by atoms with Crippen molar-refractivity contribution in [3.8, 4) is 0 Å². The molecular weight excluding hydrogens is 310 g/mol. The first-order valence-corrected chi connectivity index (χ1v) is 8.95. The lowest BCUT2D eigenvalue weighted by Gasteiger charge is -2.32. The van der Waals surface area contributed by atoms with E-state index in [1.807, 2.05) is 19.4 Å². The van der Waals surface area contributed by atoms with E-state index in [1.165, 1.54) is 24.2 Å². The highest BCUT2D eigenvalue weighted by Crippen LogP contribution is 2.20. The van der Waals surface area contributed by atoms with E-state index in [2.05, 4.69) is 24.8 Å². The summed E-state index contributed by atoms with van der Waals surface area (Å²) in [7, 11) is 2.04. The number of rotatable bonds is 6. The zero-order chi connectivity index (χ0) is 16.1. The maximum Gasteiger partial charge on any atom is 0.262 e. The van der Waals surface area contributed by atoms with Gasteiger partial charge in [-0.1, -0.05) is 0 Å². The highest BCUT2D eigenvalue weighted by atomic mass is 32.1. The molecule has 0 radical (unpaired) electrons. The van der Waals surface area contributed by atoms with E-state index in [4.69, 9.17) is 0 Å². The Bertz CT molecular complexity index is 624. The first kappa shape index (κ1) is 16.1. The minimum atomic E-state index is -0.00632. The number of likely N-dealkylation sites (tertiary alicyclic amines) is 1. The van der Waals surface area contributed by atoms with Crippen LogP contribution in [0.3, 0.4) is 0 Å². The molecule has 6 nitrogen and oxygen atoms in total. The second-order valence-corrected chi connectivity index (χ2v) is 6.99. The van der Waals surface area contributed by atoms with Gasteiger partial charge in [-0.05, 0) is 31.7 Å². The summed E-state index contributed by atoms with van der Waals surface area (Å²) in [6.45, 7) is 3.87. The minimum absolute atomic E-state index is 0.00632. The van der Waals surface area contributed by atoms with Crippen LogP contribution in [-0.2, 0) is 13.6 Å². The molecular formula is C16H23N5OS. The van der Waals surface area contributed by atoms with E-state index in [9.17, 15) is 4.79 Å². The van der Waals surface area contributed by atoms with Crippen LogP contribution in [0.5, 0.6) is 0 Å². The molecule has 1 saturated heterocycles. The molecule has 3 rings (SSSR count). The average molecular weight is 333 g/mol. The van der Waals surface area contributed by atoms with Crippen LogP contribution in [0.1, 0.15) is 34.8 Å². The highest BCUT2D eigenvalue weighted by molar-refractivity contribution is 7.11. The summed E-state index contributed by atoms with van der Waals surface area (Å²) in [6.07, 6.45) is 8.96. The fourth-order valence-corrected chi connectivity index (χ4v) is 3.62. The summed E-state index contributed by atoms with van der Waals surface area (Å²) in [6, 6.07) is 0. The van der Waals surface area contributed by atoms with Crippen LogP contribution in [-0.4, -0.2) is 45.0 Å². The smallest absolute Gasteiger partial charge is 0.262 e. The number of hydrogen-bond acceptors (Lipinski definition) is 5. The molecule has 0 bridgehead atoms. The maximum atomic E-state index is 11.9. The van der Waals surface area contributed by atoms with Crippen molar-refractivity contribution in [1.82, 2.24) is 24.8 Å². The van der Waals surface area contributed by atoms with Gasteiger partial charge >= 0.3 is 0 Å². The summed E-state index contributed by atoms with van der Waals surface area (Å²) in [4.78, 5) is 23.4. The fraction of sp³-hybridized carbons (Fsp3) is 0.562. The topological polar surface area (TPSA) is 63.1 Å². The molecule has 1 fully saturated rings. The van der Waals surface area contributed by atoms with Gasteiger partial charge in [0.2, 0.25) is 0 Å². The zero-order valence-corrected chi connectivity index (χ0v) is 14.3. The average Bonchev–Trinajstić information content (AvgIpc) is 3.20. The Hall–Kier alpha value is -1.73. The van der Waals surface area contributed by atoms with Gasteiger partial charge in [0.05, 0.1) is 18.3 Å². The van der Waals surface area contributed by atoms with Gasteiger partial charge in [0.25, 0.3) is 5.91 Å². The second kappa shape index (κ2) is 7.70. The van der Waals surface area contributed by atoms with Gasteiger partial charge in [0, 0.05) is 32.5 Å². The summed E-state index contributed by atoms with van der Waals surface area (Å²) in [5.41, 5.74) is 1.69. The van der Waals surface area contributed by atoms with E-state index >= 15 is 0 Å². The molecule has 2 aromatic rings. The van der Waals surface area contributed by atoms with Crippen molar-refractivity contribution in [2.75, 3.05) is 19.6 Å². The lowest BCUT2D eigenvalue weighted by atomic mass is 9.95. The summed E-state index contributed by atoms with van der Waals surface area (Å²) in [5, 5.41) is 3.00. The molecule has 1 atom stereocenters. The molecule has 124 valence electrons. The number of carbonyl (C=O) groups is 1. The third-order valence-electron chi connectivity index (χ3n) is 4.38. The van der Waals surface area contributed by atoms with Crippen LogP contribution in [0.4, 0.5) is 0 Å². The molecule has 2 aromatic heterocycles. The molecule has 1 aliphatic rings. The van der Waals surface area contributed by atoms with E-state index in [-0.39, 0.29) is 5.91 Å². The summed E-state index contributed by atoms with van der Waals surface area (Å²) >= 11 is 1.38. The number of nitrogens with one attached hydrogen (secondary N) is 1. The Balaban J connectivity index is 1.42. The molecule has 1 amide bonds. The first-order valence-electron chi connectivity index (χ1n) is 8.07. The number of nitrogens with zero attached hydrogens (tertiary/aromatic N) is 4. The maximum absolute atomic E-state index is 11.9. The third-order valence-corrected chi connectivity index (χ3v) is 5.16. The van der Waals surface area contributed by atoms with Crippen molar-refractivity contribution >= 4 is 17.2 Å². The summed E-state index contributed by atoms with van der Waals surface area (Å²) in [5.74, 6) is 1.75. The Morgan fingerprint density at radius 3 is 3.17 bits per heavy atom. The molecule has 23 heavy (non-hydrogen) atoms. The van der Waals surface area contributed by atoms with Crippen LogP contribution in [0, 0.1) is 5.92 Å². The van der Waals surface area contributed by atoms with Crippen LogP contribution in [0.2, 0.25) is 0 Å². The number of amides is 1. The predicted octanol–water partition coefficient (Wildman–Crippen LogP) is 1.91. The van der Waals surface area contributed by atoms with Crippen molar-refractivity contribution in [3.63, 3.8) is 0 Å². The highest BCUT2D eigenvalue weighted by Gasteiger charge is 2.21. The Morgan fingerprint density at radius 2 is 2.43 bits per heavy atom. The van der Waals surface area contributed by atoms with Gasteiger partial charge in [0.15, 0.2) is 0 Å². The number of thiazole rings is 1. The zero-order valence-electron chi connectivity index (χ0n) is 13.4. The minimum Gasteiger partial charge on any atom is -0.351 e. The SMILES string of the molecule is Cn1ccnc1CN1CCC[C@@H](CCNC(=O)c2cncs2)C1. The van der Waals surface area contributed by atoms with Crippen LogP contribution in [0.25, 0.3) is 0 Å². The van der Waals surface area contributed by atoms with Crippen LogP contribution >= 0.6 is 11.3 Å². The van der Waals surface area contributed by atoms with Gasteiger partial charge < -0.3 is 9.88 Å². The molecule has 0 aromatic carbocycles. The molecule has 0 spiro atoms. The quantitative estimate of drug-likeness (QED) is 0.877. The van der Waals surface area contributed by atoms with Gasteiger partial charge in [-0.15, -0.1) is 11.3 Å². The Labute approximate surface area is 140 Å². The van der Waals surface area contributed by atoms with Gasteiger partial charge in [-0.25, -0.2) is 4.98 Å². The third kappa shape index (κ3) is 4.39. The largest absolute Gasteiger partial charge is 0.351 e. The monoisotopic (exact) mass is 333 g/mol. The number of imidazole rings is 1. The molecule has 3 heterocycles. The fourth-order valence-electron chi connectivity index (χ4n) is 3.08. The van der Waals surface area contributed by atoms with E-state index in [0.717, 1.165) is 38.4 Å². The lowest BCUT2D eigenvalue weighted by molar-refractivity contribution is 0.0950. The van der Waals surface area contributed by atoms with Crippen LogP contribution in [0.15, 0.2) is 24.1 Å². The van der Waals surface area contributed by atoms with E-state index in [0.29, 0.717) is 10.8 Å². The molecule has 0 unspecified atom stereocenters. The second-order valence-electron chi connectivity index (χ2n) is 6.11. The number of hydrogen-bond donors (Lipinski definition) is 1.